The number of ether oxygens (including phenoxy) is 3. The maximum absolute atomic E-state index is 10.8. The molecule has 0 amide bonds. The second kappa shape index (κ2) is 5.11. The number of hydrogen-bond donors (Lipinski definition) is 2. The number of hydrogen-bond acceptors (Lipinski definition) is 5. The lowest BCUT2D eigenvalue weighted by Crippen LogP contribution is -2.52. The lowest BCUT2D eigenvalue weighted by atomic mass is 9.97. The molecule has 0 aromatic rings. The molecule has 15 heavy (non-hydrogen) atoms. The molecular weight excluding hydrogens is 202 g/mol. The Labute approximate surface area is 87.6 Å². The molecule has 1 aliphatic heterocycles. The summed E-state index contributed by atoms with van der Waals surface area (Å²) in [5.41, 5.74) is 5.84. The molecule has 3 atom stereocenters. The fourth-order valence-corrected chi connectivity index (χ4v) is 1.49. The first-order valence-electron chi connectivity index (χ1n) is 4.48. The first-order chi connectivity index (χ1) is 7.11. The molecule has 1 rings (SSSR count). The largest absolute Gasteiger partial charge is 0.493 e. The third-order valence-corrected chi connectivity index (χ3v) is 2.29. The van der Waals surface area contributed by atoms with Crippen molar-refractivity contribution in [3.05, 3.63) is 11.8 Å². The Hall–Kier alpha value is -1.11. The van der Waals surface area contributed by atoms with Gasteiger partial charge in [0.05, 0.1) is 18.9 Å². The van der Waals surface area contributed by atoms with Gasteiger partial charge in [0.25, 0.3) is 0 Å². The van der Waals surface area contributed by atoms with Crippen molar-refractivity contribution in [3.63, 3.8) is 0 Å². The Morgan fingerprint density at radius 2 is 2.33 bits per heavy atom. The molecule has 1 aliphatic rings. The topological polar surface area (TPSA) is 91.0 Å². The maximum Gasteiger partial charge on any atom is 0.337 e. The normalized spacial score (nSPS) is 30.6. The number of carbonyl (C=O) groups is 1. The summed E-state index contributed by atoms with van der Waals surface area (Å²) in [4.78, 5) is 10.8. The highest BCUT2D eigenvalue weighted by Gasteiger charge is 2.37. The third kappa shape index (κ3) is 2.47. The monoisotopic (exact) mass is 217 g/mol. The van der Waals surface area contributed by atoms with Crippen LogP contribution >= 0.6 is 0 Å². The van der Waals surface area contributed by atoms with Crippen LogP contribution in [0, 0.1) is 0 Å². The highest BCUT2D eigenvalue weighted by atomic mass is 16.5. The van der Waals surface area contributed by atoms with Gasteiger partial charge in [0.2, 0.25) is 0 Å². The van der Waals surface area contributed by atoms with Gasteiger partial charge in [0, 0.05) is 14.2 Å². The Kier molecular flexibility index (Phi) is 4.07. The summed E-state index contributed by atoms with van der Waals surface area (Å²) in [5.74, 6) is -1.09. The number of rotatable bonds is 4. The van der Waals surface area contributed by atoms with Gasteiger partial charge in [-0.3, -0.25) is 0 Å². The molecule has 0 saturated carbocycles. The van der Waals surface area contributed by atoms with Crippen LogP contribution in [0.3, 0.4) is 0 Å². The Balaban J connectivity index is 2.82. The van der Waals surface area contributed by atoms with Gasteiger partial charge in [-0.1, -0.05) is 0 Å². The van der Waals surface area contributed by atoms with E-state index in [2.05, 4.69) is 0 Å². The van der Waals surface area contributed by atoms with Crippen molar-refractivity contribution in [3.8, 4) is 0 Å². The van der Waals surface area contributed by atoms with Crippen molar-refractivity contribution in [1.29, 1.82) is 0 Å². The Bertz CT molecular complexity index is 265. The van der Waals surface area contributed by atoms with E-state index in [1.165, 1.54) is 20.5 Å². The zero-order valence-corrected chi connectivity index (χ0v) is 8.67. The van der Waals surface area contributed by atoms with Crippen LogP contribution in [0.15, 0.2) is 11.8 Å². The van der Waals surface area contributed by atoms with Gasteiger partial charge in [-0.05, 0) is 0 Å². The van der Waals surface area contributed by atoms with Crippen LogP contribution in [0.1, 0.15) is 0 Å². The number of methoxy groups -OCH3 is 2. The van der Waals surface area contributed by atoms with E-state index in [9.17, 15) is 4.79 Å². The third-order valence-electron chi connectivity index (χ3n) is 2.29. The van der Waals surface area contributed by atoms with Gasteiger partial charge < -0.3 is 25.1 Å². The lowest BCUT2D eigenvalue weighted by molar-refractivity contribution is -0.136. The van der Waals surface area contributed by atoms with E-state index in [0.29, 0.717) is 6.61 Å². The average Bonchev–Trinajstić information content (AvgIpc) is 2.20. The van der Waals surface area contributed by atoms with Crippen LogP contribution in [0.25, 0.3) is 0 Å². The van der Waals surface area contributed by atoms with Crippen molar-refractivity contribution < 1.29 is 24.1 Å². The minimum atomic E-state index is -1.09. The molecule has 0 radical (unpaired) electrons. The first-order valence-corrected chi connectivity index (χ1v) is 4.48. The zero-order chi connectivity index (χ0) is 11.4. The van der Waals surface area contributed by atoms with Crippen molar-refractivity contribution in [2.45, 2.75) is 18.2 Å². The average molecular weight is 217 g/mol. The second-order valence-corrected chi connectivity index (χ2v) is 3.24. The van der Waals surface area contributed by atoms with Crippen LogP contribution in [0.4, 0.5) is 0 Å². The van der Waals surface area contributed by atoms with Crippen LogP contribution in [0.2, 0.25) is 0 Å². The van der Waals surface area contributed by atoms with E-state index < -0.39 is 18.1 Å². The van der Waals surface area contributed by atoms with Crippen LogP contribution in [0.5, 0.6) is 0 Å². The number of aliphatic carboxylic acids is 1. The highest BCUT2D eigenvalue weighted by molar-refractivity contribution is 5.87. The summed E-state index contributed by atoms with van der Waals surface area (Å²) in [7, 11) is 2.94. The molecule has 0 aromatic carbocycles. The molecule has 86 valence electrons. The number of carboxylic acid groups (broad SMARTS) is 1. The summed E-state index contributed by atoms with van der Waals surface area (Å²) in [6.07, 6.45) is 0.114. The molecule has 0 unspecified atom stereocenters. The molecule has 6 heteroatoms. The summed E-state index contributed by atoms with van der Waals surface area (Å²) in [6.45, 7) is 0.296. The predicted octanol–water partition coefficient (Wildman–Crippen LogP) is -0.658. The van der Waals surface area contributed by atoms with E-state index in [1.807, 2.05) is 0 Å². The molecule has 0 aliphatic carbocycles. The van der Waals surface area contributed by atoms with E-state index in [4.69, 9.17) is 25.1 Å². The van der Waals surface area contributed by atoms with Crippen molar-refractivity contribution in [2.24, 2.45) is 5.73 Å². The van der Waals surface area contributed by atoms with Crippen molar-refractivity contribution in [1.82, 2.24) is 0 Å². The minimum absolute atomic E-state index is 0.0253. The van der Waals surface area contributed by atoms with Crippen molar-refractivity contribution >= 4 is 5.97 Å². The highest BCUT2D eigenvalue weighted by Crippen LogP contribution is 2.20. The molecule has 0 aromatic heterocycles. The molecular formula is C9H15NO5. The molecule has 6 nitrogen and oxygen atoms in total. The van der Waals surface area contributed by atoms with Crippen LogP contribution < -0.4 is 5.73 Å². The van der Waals surface area contributed by atoms with Gasteiger partial charge in [-0.25, -0.2) is 4.79 Å². The first kappa shape index (κ1) is 12.0. The fraction of sp³-hybridized carbons (Fsp3) is 0.667. The molecule has 0 spiro atoms. The van der Waals surface area contributed by atoms with Crippen molar-refractivity contribution in [2.75, 3.05) is 20.8 Å². The molecule has 0 fully saturated rings. The molecule has 1 heterocycles. The van der Waals surface area contributed by atoms with E-state index in [-0.39, 0.29) is 11.7 Å². The van der Waals surface area contributed by atoms with Gasteiger partial charge in [-0.2, -0.15) is 0 Å². The molecule has 3 N–H and O–H groups in total. The fourth-order valence-electron chi connectivity index (χ4n) is 1.49. The second-order valence-electron chi connectivity index (χ2n) is 3.24. The summed E-state index contributed by atoms with van der Waals surface area (Å²) in [5, 5.41) is 8.86. The Morgan fingerprint density at radius 3 is 2.80 bits per heavy atom. The smallest absolute Gasteiger partial charge is 0.337 e. The lowest BCUT2D eigenvalue weighted by Gasteiger charge is -2.33. The van der Waals surface area contributed by atoms with Crippen LogP contribution in [-0.2, 0) is 19.0 Å². The summed E-state index contributed by atoms with van der Waals surface area (Å²) < 4.78 is 15.1. The van der Waals surface area contributed by atoms with E-state index >= 15 is 0 Å². The zero-order valence-electron chi connectivity index (χ0n) is 8.67. The van der Waals surface area contributed by atoms with Crippen LogP contribution in [-0.4, -0.2) is 50.2 Å². The standard InChI is InChI=1S/C9H15NO5/c1-13-4-6-7(10)8(14-2)5(3-15-6)9(11)12/h3,6-8H,4,10H2,1-2H3,(H,11,12)/t6-,7-,8-/m1/s1. The molecule has 0 bridgehead atoms. The van der Waals surface area contributed by atoms with Gasteiger partial charge in [-0.15, -0.1) is 0 Å². The number of nitrogens with two attached hydrogens (primary N) is 1. The minimum Gasteiger partial charge on any atom is -0.493 e. The predicted molar refractivity (Wildman–Crippen MR) is 51.2 cm³/mol. The summed E-state index contributed by atoms with van der Waals surface area (Å²) >= 11 is 0. The Morgan fingerprint density at radius 1 is 1.67 bits per heavy atom. The van der Waals surface area contributed by atoms with E-state index in [0.717, 1.165) is 0 Å². The van der Waals surface area contributed by atoms with Gasteiger partial charge >= 0.3 is 5.97 Å². The SMILES string of the molecule is COC[C@H]1OC=C(C(=O)O)[C@@H](OC)[C@@H]1N. The summed E-state index contributed by atoms with van der Waals surface area (Å²) in [6, 6.07) is -0.550. The quantitative estimate of drug-likeness (QED) is 0.649. The van der Waals surface area contributed by atoms with Gasteiger partial charge in [0.15, 0.2) is 0 Å². The molecule has 0 saturated heterocycles. The van der Waals surface area contributed by atoms with E-state index in [1.54, 1.807) is 0 Å². The maximum atomic E-state index is 10.8. The number of carboxylic acids is 1. The van der Waals surface area contributed by atoms with Gasteiger partial charge in [0.1, 0.15) is 17.8 Å².